The first kappa shape index (κ1) is 15.7. The number of fused-ring (bicyclic) bond motifs is 1. The second kappa shape index (κ2) is 7.36. The van der Waals surface area contributed by atoms with Crippen LogP contribution in [-0.2, 0) is 9.47 Å². The van der Waals surface area contributed by atoms with Gasteiger partial charge in [-0.15, -0.1) is 0 Å². The predicted octanol–water partition coefficient (Wildman–Crippen LogP) is 2.28. The lowest BCUT2D eigenvalue weighted by molar-refractivity contribution is 0.0285. The molecular weight excluding hydrogens is 292 g/mol. The Kier molecular flexibility index (Phi) is 5.50. The summed E-state index contributed by atoms with van der Waals surface area (Å²) in [7, 11) is 3.17. The summed E-state index contributed by atoms with van der Waals surface area (Å²) >= 11 is 5.97. The van der Waals surface area contributed by atoms with Crippen LogP contribution in [0.1, 0.15) is 10.4 Å². The predicted molar refractivity (Wildman–Crippen MR) is 81.8 cm³/mol. The number of amides is 1. The summed E-state index contributed by atoms with van der Waals surface area (Å²) < 4.78 is 10.2. The van der Waals surface area contributed by atoms with Gasteiger partial charge in [-0.3, -0.25) is 4.79 Å². The van der Waals surface area contributed by atoms with Crippen LogP contribution in [0.3, 0.4) is 0 Å². The second-order valence-electron chi connectivity index (χ2n) is 4.53. The van der Waals surface area contributed by atoms with E-state index in [1.807, 2.05) is 24.3 Å². The van der Waals surface area contributed by atoms with Gasteiger partial charge in [0.25, 0.3) is 5.91 Å². The van der Waals surface area contributed by atoms with Crippen LogP contribution in [0, 0.1) is 0 Å². The Labute approximate surface area is 128 Å². The Hall–Kier alpha value is -1.69. The number of nitrogens with one attached hydrogen (secondary N) is 1. The van der Waals surface area contributed by atoms with Gasteiger partial charge in [-0.2, -0.15) is 0 Å². The van der Waals surface area contributed by atoms with Gasteiger partial charge in [0, 0.05) is 26.2 Å². The molecule has 0 spiro atoms. The maximum atomic E-state index is 12.3. The SMILES string of the molecule is COCC(CNC(=O)c1cc(Cl)nc2ccccc12)OC. The van der Waals surface area contributed by atoms with Crippen molar-refractivity contribution < 1.29 is 14.3 Å². The van der Waals surface area contributed by atoms with Crippen LogP contribution >= 0.6 is 11.6 Å². The van der Waals surface area contributed by atoms with Crippen molar-refractivity contribution in [3.8, 4) is 0 Å². The van der Waals surface area contributed by atoms with E-state index in [0.717, 1.165) is 5.39 Å². The molecule has 0 aliphatic heterocycles. The van der Waals surface area contributed by atoms with Crippen LogP contribution in [0.4, 0.5) is 0 Å². The molecule has 1 atom stereocenters. The van der Waals surface area contributed by atoms with Crippen molar-refractivity contribution in [2.75, 3.05) is 27.4 Å². The molecule has 0 bridgehead atoms. The quantitative estimate of drug-likeness (QED) is 0.832. The van der Waals surface area contributed by atoms with E-state index in [2.05, 4.69) is 10.3 Å². The smallest absolute Gasteiger partial charge is 0.252 e. The van der Waals surface area contributed by atoms with Gasteiger partial charge in [0.05, 0.1) is 23.8 Å². The van der Waals surface area contributed by atoms with Crippen LogP contribution in [0.2, 0.25) is 5.15 Å². The van der Waals surface area contributed by atoms with Crippen molar-refractivity contribution in [1.29, 1.82) is 0 Å². The van der Waals surface area contributed by atoms with E-state index in [1.54, 1.807) is 20.3 Å². The molecule has 112 valence electrons. The van der Waals surface area contributed by atoms with Crippen LogP contribution < -0.4 is 5.32 Å². The van der Waals surface area contributed by atoms with E-state index in [9.17, 15) is 4.79 Å². The molecule has 1 unspecified atom stereocenters. The molecule has 1 aromatic carbocycles. The number of pyridine rings is 1. The fourth-order valence-corrected chi connectivity index (χ4v) is 2.23. The van der Waals surface area contributed by atoms with Crippen molar-refractivity contribution in [2.24, 2.45) is 0 Å². The standard InChI is InChI=1S/C15H17ClN2O3/c1-20-9-10(21-2)8-17-15(19)12-7-14(16)18-13-6-4-3-5-11(12)13/h3-7,10H,8-9H2,1-2H3,(H,17,19). The first-order valence-electron chi connectivity index (χ1n) is 6.51. The molecule has 0 radical (unpaired) electrons. The zero-order chi connectivity index (χ0) is 15.2. The molecular formula is C15H17ClN2O3. The molecule has 1 aromatic heterocycles. The highest BCUT2D eigenvalue weighted by Crippen LogP contribution is 2.20. The number of hydrogen-bond donors (Lipinski definition) is 1. The molecule has 21 heavy (non-hydrogen) atoms. The molecule has 2 aromatic rings. The molecule has 1 heterocycles. The van der Waals surface area contributed by atoms with E-state index >= 15 is 0 Å². The third kappa shape index (κ3) is 3.91. The van der Waals surface area contributed by atoms with Crippen molar-refractivity contribution >= 4 is 28.4 Å². The lowest BCUT2D eigenvalue weighted by atomic mass is 10.1. The van der Waals surface area contributed by atoms with E-state index in [4.69, 9.17) is 21.1 Å². The highest BCUT2D eigenvalue weighted by atomic mass is 35.5. The minimum absolute atomic E-state index is 0.192. The molecule has 2 rings (SSSR count). The van der Waals surface area contributed by atoms with Crippen LogP contribution in [-0.4, -0.2) is 44.4 Å². The Bertz CT molecular complexity index is 633. The second-order valence-corrected chi connectivity index (χ2v) is 4.92. The van der Waals surface area contributed by atoms with Crippen molar-refractivity contribution in [3.05, 3.63) is 41.0 Å². The molecule has 0 saturated heterocycles. The molecule has 6 heteroatoms. The number of ether oxygens (including phenoxy) is 2. The van der Waals surface area contributed by atoms with Gasteiger partial charge < -0.3 is 14.8 Å². The van der Waals surface area contributed by atoms with Crippen molar-refractivity contribution in [1.82, 2.24) is 10.3 Å². The maximum Gasteiger partial charge on any atom is 0.252 e. The number of carbonyl (C=O) groups is 1. The van der Waals surface area contributed by atoms with Crippen LogP contribution in [0.25, 0.3) is 10.9 Å². The minimum atomic E-state index is -0.214. The van der Waals surface area contributed by atoms with Crippen LogP contribution in [0.15, 0.2) is 30.3 Å². The fraction of sp³-hybridized carbons (Fsp3) is 0.333. The van der Waals surface area contributed by atoms with E-state index in [1.165, 1.54) is 0 Å². The van der Waals surface area contributed by atoms with Gasteiger partial charge >= 0.3 is 0 Å². The number of nitrogens with zero attached hydrogens (tertiary/aromatic N) is 1. The summed E-state index contributed by atoms with van der Waals surface area (Å²) in [4.78, 5) is 16.5. The average molecular weight is 309 g/mol. The number of para-hydroxylation sites is 1. The third-order valence-electron chi connectivity index (χ3n) is 3.11. The average Bonchev–Trinajstić information content (AvgIpc) is 2.50. The van der Waals surface area contributed by atoms with E-state index < -0.39 is 0 Å². The number of hydrogen-bond acceptors (Lipinski definition) is 4. The monoisotopic (exact) mass is 308 g/mol. The van der Waals surface area contributed by atoms with Crippen molar-refractivity contribution in [3.63, 3.8) is 0 Å². The molecule has 0 fully saturated rings. The Balaban J connectivity index is 2.19. The van der Waals surface area contributed by atoms with E-state index in [0.29, 0.717) is 29.4 Å². The lowest BCUT2D eigenvalue weighted by Gasteiger charge is -2.15. The number of carbonyl (C=O) groups excluding carboxylic acids is 1. The molecule has 1 N–H and O–H groups in total. The summed E-state index contributed by atoms with van der Waals surface area (Å²) in [6, 6.07) is 8.94. The van der Waals surface area contributed by atoms with Gasteiger partial charge in [0.2, 0.25) is 0 Å². The Morgan fingerprint density at radius 3 is 2.86 bits per heavy atom. The molecule has 0 aliphatic rings. The molecule has 0 aliphatic carbocycles. The van der Waals surface area contributed by atoms with Gasteiger partial charge in [-0.05, 0) is 12.1 Å². The van der Waals surface area contributed by atoms with Gasteiger partial charge in [-0.1, -0.05) is 29.8 Å². The molecule has 5 nitrogen and oxygen atoms in total. The third-order valence-corrected chi connectivity index (χ3v) is 3.30. The molecule has 0 saturated carbocycles. The zero-order valence-corrected chi connectivity index (χ0v) is 12.7. The number of rotatable bonds is 6. The largest absolute Gasteiger partial charge is 0.382 e. The summed E-state index contributed by atoms with van der Waals surface area (Å²) in [6.45, 7) is 0.770. The highest BCUT2D eigenvalue weighted by Gasteiger charge is 2.14. The topological polar surface area (TPSA) is 60.5 Å². The number of halogens is 1. The number of benzene rings is 1. The maximum absolute atomic E-state index is 12.3. The van der Waals surface area contributed by atoms with Gasteiger partial charge in [0.1, 0.15) is 5.15 Å². The number of aromatic nitrogens is 1. The van der Waals surface area contributed by atoms with Gasteiger partial charge in [0.15, 0.2) is 0 Å². The Morgan fingerprint density at radius 1 is 1.38 bits per heavy atom. The number of methoxy groups -OCH3 is 2. The Morgan fingerprint density at radius 2 is 2.14 bits per heavy atom. The van der Waals surface area contributed by atoms with E-state index in [-0.39, 0.29) is 12.0 Å². The summed E-state index contributed by atoms with van der Waals surface area (Å²) in [5, 5.41) is 3.88. The molecule has 1 amide bonds. The van der Waals surface area contributed by atoms with Crippen LogP contribution in [0.5, 0.6) is 0 Å². The minimum Gasteiger partial charge on any atom is -0.382 e. The first-order valence-corrected chi connectivity index (χ1v) is 6.88. The normalized spacial score (nSPS) is 12.3. The summed E-state index contributed by atoms with van der Waals surface area (Å²) in [5.41, 5.74) is 1.19. The van der Waals surface area contributed by atoms with Gasteiger partial charge in [-0.25, -0.2) is 4.98 Å². The summed E-state index contributed by atoms with van der Waals surface area (Å²) in [6.07, 6.45) is -0.192. The first-order chi connectivity index (χ1) is 10.2. The lowest BCUT2D eigenvalue weighted by Crippen LogP contribution is -2.35. The van der Waals surface area contributed by atoms with Crippen molar-refractivity contribution in [2.45, 2.75) is 6.10 Å². The zero-order valence-electron chi connectivity index (χ0n) is 11.9. The fourth-order valence-electron chi connectivity index (χ4n) is 2.03. The highest BCUT2D eigenvalue weighted by molar-refractivity contribution is 6.30. The summed E-state index contributed by atoms with van der Waals surface area (Å²) in [5.74, 6) is -0.214.